The van der Waals surface area contributed by atoms with Gasteiger partial charge in [-0.3, -0.25) is 14.5 Å². The summed E-state index contributed by atoms with van der Waals surface area (Å²) < 4.78 is 24.4. The Morgan fingerprint density at radius 2 is 1.67 bits per heavy atom. The van der Waals surface area contributed by atoms with Gasteiger partial charge in [0.05, 0.1) is 17.5 Å². The van der Waals surface area contributed by atoms with Crippen molar-refractivity contribution in [1.29, 1.82) is 0 Å². The molecule has 2 saturated heterocycles. The number of sulfone groups is 1. The topological polar surface area (TPSA) is 95.6 Å². The lowest BCUT2D eigenvalue weighted by atomic mass is 10.0. The maximum atomic E-state index is 12.4. The Balaban J connectivity index is 1.34. The second kappa shape index (κ2) is 8.89. The summed E-state index contributed by atoms with van der Waals surface area (Å²) in [6.45, 7) is 1.78. The zero-order valence-corrected chi connectivity index (χ0v) is 17.9. The molecule has 4 rings (SSSR count). The van der Waals surface area contributed by atoms with E-state index in [1.165, 1.54) is 12.5 Å². The fourth-order valence-corrected chi connectivity index (χ4v) is 6.17. The van der Waals surface area contributed by atoms with Crippen molar-refractivity contribution in [2.75, 3.05) is 24.6 Å². The van der Waals surface area contributed by atoms with E-state index in [4.69, 9.17) is 0 Å². The highest BCUT2D eigenvalue weighted by Crippen LogP contribution is 2.22. The van der Waals surface area contributed by atoms with Crippen molar-refractivity contribution in [3.05, 3.63) is 41.5 Å². The third-order valence-electron chi connectivity index (χ3n) is 6.02. The van der Waals surface area contributed by atoms with Crippen LogP contribution in [0.15, 0.2) is 30.3 Å². The van der Waals surface area contributed by atoms with Gasteiger partial charge in [0.15, 0.2) is 9.84 Å². The van der Waals surface area contributed by atoms with Crippen molar-refractivity contribution in [2.45, 2.75) is 50.2 Å². The number of carbonyl (C=O) groups is 2. The largest absolute Gasteiger partial charge is 0.349 e. The van der Waals surface area contributed by atoms with Crippen LogP contribution in [0, 0.1) is 0 Å². The third-order valence-corrected chi connectivity index (χ3v) is 7.74. The molecule has 1 aromatic carbocycles. The Hall–Kier alpha value is -2.19. The fourth-order valence-electron chi connectivity index (χ4n) is 4.22. The van der Waals surface area contributed by atoms with E-state index in [0.29, 0.717) is 11.6 Å². The predicted octanol–water partition coefficient (Wildman–Crippen LogP) is 1.36. The summed E-state index contributed by atoms with van der Waals surface area (Å²) in [5.41, 5.74) is 1.41. The van der Waals surface area contributed by atoms with E-state index < -0.39 is 9.84 Å². The zero-order chi connectivity index (χ0) is 21.1. The fraction of sp³-hybridized carbons (Fsp3) is 0.545. The highest BCUT2D eigenvalue weighted by Gasteiger charge is 2.41. The summed E-state index contributed by atoms with van der Waals surface area (Å²) in [6.07, 6.45) is 8.52. The molecule has 30 heavy (non-hydrogen) atoms. The SMILES string of the molecule is O=C(/C=C\c1ccc(C(=O)NC2CC2)cc1)N[C@@H]1CS(=O)(=O)C[C@H]1N1CCCCC1. The molecule has 0 aromatic heterocycles. The third kappa shape index (κ3) is 5.49. The van der Waals surface area contributed by atoms with Crippen LogP contribution in [0.4, 0.5) is 0 Å². The predicted molar refractivity (Wildman–Crippen MR) is 116 cm³/mol. The van der Waals surface area contributed by atoms with Crippen LogP contribution < -0.4 is 10.6 Å². The van der Waals surface area contributed by atoms with Gasteiger partial charge in [0.1, 0.15) is 0 Å². The van der Waals surface area contributed by atoms with Crippen LogP contribution in [0.5, 0.6) is 0 Å². The molecule has 2 aliphatic heterocycles. The Kier molecular flexibility index (Phi) is 6.24. The Morgan fingerprint density at radius 1 is 0.967 bits per heavy atom. The number of rotatable bonds is 6. The van der Waals surface area contributed by atoms with Gasteiger partial charge >= 0.3 is 0 Å². The molecule has 1 aliphatic carbocycles. The van der Waals surface area contributed by atoms with Crippen molar-refractivity contribution in [3.63, 3.8) is 0 Å². The van der Waals surface area contributed by atoms with E-state index in [1.807, 2.05) is 0 Å². The average Bonchev–Trinajstić information content (AvgIpc) is 3.49. The second-order valence-corrected chi connectivity index (χ2v) is 10.7. The van der Waals surface area contributed by atoms with Crippen molar-refractivity contribution >= 4 is 27.7 Å². The second-order valence-electron chi connectivity index (χ2n) is 8.56. The van der Waals surface area contributed by atoms with Crippen LogP contribution in [0.1, 0.15) is 48.0 Å². The summed E-state index contributed by atoms with van der Waals surface area (Å²) >= 11 is 0. The number of amides is 2. The number of nitrogens with one attached hydrogen (secondary N) is 2. The van der Waals surface area contributed by atoms with Crippen molar-refractivity contribution < 1.29 is 18.0 Å². The van der Waals surface area contributed by atoms with Crippen molar-refractivity contribution in [1.82, 2.24) is 15.5 Å². The van der Waals surface area contributed by atoms with Crippen LogP contribution in [-0.2, 0) is 14.6 Å². The standard InChI is InChI=1S/C22H29N3O4S/c26-21(11-6-16-4-7-17(8-5-16)22(27)23-18-9-10-18)24-19-14-30(28,29)15-20(19)25-12-2-1-3-13-25/h4-8,11,18-20H,1-3,9-10,12-15H2,(H,23,27)(H,24,26)/b11-6-/t19-,20-/m1/s1. The van der Waals surface area contributed by atoms with Gasteiger partial charge in [-0.1, -0.05) is 18.6 Å². The van der Waals surface area contributed by atoms with E-state index in [-0.39, 0.29) is 35.4 Å². The summed E-state index contributed by atoms with van der Waals surface area (Å²) in [6, 6.07) is 6.87. The Morgan fingerprint density at radius 3 is 2.33 bits per heavy atom. The molecule has 1 saturated carbocycles. The molecule has 1 aromatic rings. The van der Waals surface area contributed by atoms with Gasteiger partial charge in [0.25, 0.3) is 5.91 Å². The van der Waals surface area contributed by atoms with Gasteiger partial charge in [0.2, 0.25) is 5.91 Å². The lowest BCUT2D eigenvalue weighted by Crippen LogP contribution is -2.52. The maximum Gasteiger partial charge on any atom is 0.251 e. The number of carbonyl (C=O) groups excluding carboxylic acids is 2. The molecule has 7 nitrogen and oxygen atoms in total. The van der Waals surface area contributed by atoms with Gasteiger partial charge in [-0.2, -0.15) is 0 Å². The minimum absolute atomic E-state index is 0.00144. The van der Waals surface area contributed by atoms with Gasteiger partial charge in [-0.15, -0.1) is 0 Å². The number of hydrogen-bond donors (Lipinski definition) is 2. The molecule has 0 unspecified atom stereocenters. The molecule has 3 aliphatic rings. The molecule has 8 heteroatoms. The van der Waals surface area contributed by atoms with Crippen molar-refractivity contribution in [3.8, 4) is 0 Å². The molecule has 2 amide bonds. The number of hydrogen-bond acceptors (Lipinski definition) is 5. The minimum Gasteiger partial charge on any atom is -0.349 e. The molecule has 0 radical (unpaired) electrons. The highest BCUT2D eigenvalue weighted by molar-refractivity contribution is 7.91. The minimum atomic E-state index is -3.14. The molecular weight excluding hydrogens is 402 g/mol. The van der Waals surface area contributed by atoms with Crippen LogP contribution in [0.3, 0.4) is 0 Å². The normalized spacial score (nSPS) is 26.5. The molecule has 2 N–H and O–H groups in total. The van der Waals surface area contributed by atoms with Crippen LogP contribution in [-0.4, -0.2) is 67.9 Å². The van der Waals surface area contributed by atoms with E-state index in [0.717, 1.165) is 44.3 Å². The quantitative estimate of drug-likeness (QED) is 0.663. The van der Waals surface area contributed by atoms with E-state index in [2.05, 4.69) is 15.5 Å². The number of piperidine rings is 1. The maximum absolute atomic E-state index is 12.4. The first-order valence-corrected chi connectivity index (χ1v) is 12.6. The molecule has 162 valence electrons. The lowest BCUT2D eigenvalue weighted by Gasteiger charge is -2.34. The summed E-state index contributed by atoms with van der Waals surface area (Å²) in [5, 5.41) is 5.84. The Labute approximate surface area is 177 Å². The molecule has 0 bridgehead atoms. The monoisotopic (exact) mass is 431 g/mol. The number of nitrogens with zero attached hydrogens (tertiary/aromatic N) is 1. The highest BCUT2D eigenvalue weighted by atomic mass is 32.2. The first-order chi connectivity index (χ1) is 14.4. The van der Waals surface area contributed by atoms with Gasteiger partial charge in [-0.25, -0.2) is 8.42 Å². The summed E-state index contributed by atoms with van der Waals surface area (Å²) in [5.74, 6) is -0.253. The van der Waals surface area contributed by atoms with Gasteiger partial charge in [0, 0.05) is 23.7 Å². The van der Waals surface area contributed by atoms with E-state index in [9.17, 15) is 18.0 Å². The smallest absolute Gasteiger partial charge is 0.251 e. The van der Waals surface area contributed by atoms with Crippen molar-refractivity contribution in [2.24, 2.45) is 0 Å². The molecule has 0 spiro atoms. The van der Waals surface area contributed by atoms with Crippen LogP contribution in [0.2, 0.25) is 0 Å². The van der Waals surface area contributed by atoms with E-state index >= 15 is 0 Å². The first kappa shape index (κ1) is 21.1. The van der Waals surface area contributed by atoms with E-state index in [1.54, 1.807) is 30.3 Å². The zero-order valence-electron chi connectivity index (χ0n) is 17.0. The number of benzene rings is 1. The average molecular weight is 432 g/mol. The van der Waals surface area contributed by atoms with Crippen LogP contribution in [0.25, 0.3) is 6.08 Å². The summed E-state index contributed by atoms with van der Waals surface area (Å²) in [4.78, 5) is 26.7. The summed E-state index contributed by atoms with van der Waals surface area (Å²) in [7, 11) is -3.14. The Bertz CT molecular complexity index is 916. The van der Waals surface area contributed by atoms with Crippen LogP contribution >= 0.6 is 0 Å². The molecule has 2 atom stereocenters. The first-order valence-electron chi connectivity index (χ1n) is 10.7. The number of likely N-dealkylation sites (tertiary alicyclic amines) is 1. The molecule has 2 heterocycles. The van der Waals surface area contributed by atoms with Gasteiger partial charge in [-0.05, 0) is 62.5 Å². The lowest BCUT2D eigenvalue weighted by molar-refractivity contribution is -0.117. The molecular formula is C22H29N3O4S. The molecule has 3 fully saturated rings. The van der Waals surface area contributed by atoms with Gasteiger partial charge < -0.3 is 10.6 Å².